The molecule has 1 N–H and O–H groups in total. The first kappa shape index (κ1) is 16.1. The van der Waals surface area contributed by atoms with Gasteiger partial charge in [0, 0.05) is 17.2 Å². The Balaban J connectivity index is 2.41. The fourth-order valence-corrected chi connectivity index (χ4v) is 4.51. The van der Waals surface area contributed by atoms with Gasteiger partial charge in [0.1, 0.15) is 11.0 Å². The molecule has 0 bridgehead atoms. The summed E-state index contributed by atoms with van der Waals surface area (Å²) in [5.74, 6) is -1.37. The van der Waals surface area contributed by atoms with E-state index < -0.39 is 15.9 Å². The van der Waals surface area contributed by atoms with Gasteiger partial charge in [-0.1, -0.05) is 19.0 Å². The number of carbonyl (C=O) groups excluding carboxylic acids is 1. The molecule has 0 saturated heterocycles. The molecule has 116 valence electrons. The van der Waals surface area contributed by atoms with Gasteiger partial charge in [0.15, 0.2) is 0 Å². The average molecular weight is 340 g/mol. The first-order valence-electron chi connectivity index (χ1n) is 6.15. The lowest BCUT2D eigenvalue weighted by atomic mass is 10.1. The van der Waals surface area contributed by atoms with E-state index >= 15 is 0 Å². The molecular formula is C12H12N4O4S2. The number of nitrogens with one attached hydrogen (secondary N) is 1. The summed E-state index contributed by atoms with van der Waals surface area (Å²) in [4.78, 5) is 15.9. The largest absolute Gasteiger partial charge is 0.339 e. The highest BCUT2D eigenvalue weighted by atomic mass is 32.2. The van der Waals surface area contributed by atoms with E-state index in [4.69, 9.17) is 5.26 Å². The maximum absolute atomic E-state index is 12.4. The molecule has 0 atom stereocenters. The van der Waals surface area contributed by atoms with E-state index in [1.807, 2.05) is 10.8 Å². The van der Waals surface area contributed by atoms with Crippen LogP contribution in [0.1, 0.15) is 46.7 Å². The highest BCUT2D eigenvalue weighted by molar-refractivity contribution is 7.90. The highest BCUT2D eigenvalue weighted by Gasteiger charge is 2.29. The standard InChI is InChI=1S/C12H12N4O4S2/c1-6(2)9-10(8(4-13)5-21-9)22(18,19)16-12(17)11-14-7(3)20-15-11/h5-6H,1-3H3,(H,16,17). The molecule has 2 aromatic rings. The van der Waals surface area contributed by atoms with E-state index in [-0.39, 0.29) is 28.1 Å². The third-order valence-corrected chi connectivity index (χ3v) is 5.49. The molecule has 10 heteroatoms. The number of hydrogen-bond acceptors (Lipinski definition) is 8. The van der Waals surface area contributed by atoms with Crippen LogP contribution >= 0.6 is 11.3 Å². The summed E-state index contributed by atoms with van der Waals surface area (Å²) in [6.07, 6.45) is 0. The fourth-order valence-electron chi connectivity index (χ4n) is 1.72. The minimum atomic E-state index is -4.21. The van der Waals surface area contributed by atoms with Crippen LogP contribution in [0.15, 0.2) is 14.8 Å². The minimum absolute atomic E-state index is 0.00158. The molecule has 22 heavy (non-hydrogen) atoms. The molecule has 0 aliphatic carbocycles. The van der Waals surface area contributed by atoms with Crippen molar-refractivity contribution in [2.75, 3.05) is 0 Å². The quantitative estimate of drug-likeness (QED) is 0.894. The number of hydrogen-bond donors (Lipinski definition) is 1. The van der Waals surface area contributed by atoms with Crippen molar-refractivity contribution in [2.24, 2.45) is 0 Å². The zero-order valence-electron chi connectivity index (χ0n) is 11.9. The molecule has 2 aromatic heterocycles. The number of rotatable bonds is 4. The van der Waals surface area contributed by atoms with Crippen LogP contribution in [0.4, 0.5) is 0 Å². The molecule has 0 saturated carbocycles. The predicted molar refractivity (Wildman–Crippen MR) is 76.8 cm³/mol. The van der Waals surface area contributed by atoms with E-state index in [2.05, 4.69) is 14.7 Å². The van der Waals surface area contributed by atoms with Crippen LogP contribution in [0.2, 0.25) is 0 Å². The second-order valence-corrected chi connectivity index (χ2v) is 7.21. The summed E-state index contributed by atoms with van der Waals surface area (Å²) in [5.41, 5.74) is -0.00158. The highest BCUT2D eigenvalue weighted by Crippen LogP contribution is 2.32. The van der Waals surface area contributed by atoms with Gasteiger partial charge in [0.2, 0.25) is 5.89 Å². The summed E-state index contributed by atoms with van der Waals surface area (Å²) in [7, 11) is -4.21. The second-order valence-electron chi connectivity index (χ2n) is 4.68. The Morgan fingerprint density at radius 2 is 2.18 bits per heavy atom. The average Bonchev–Trinajstić information content (AvgIpc) is 3.03. The molecule has 2 rings (SSSR count). The maximum atomic E-state index is 12.4. The lowest BCUT2D eigenvalue weighted by molar-refractivity contribution is 0.0968. The molecule has 0 radical (unpaired) electrons. The van der Waals surface area contributed by atoms with Gasteiger partial charge in [-0.25, -0.2) is 13.1 Å². The van der Waals surface area contributed by atoms with Gasteiger partial charge in [-0.3, -0.25) is 4.79 Å². The zero-order valence-corrected chi connectivity index (χ0v) is 13.6. The second kappa shape index (κ2) is 5.86. The number of nitrogens with zero attached hydrogens (tertiary/aromatic N) is 3. The minimum Gasteiger partial charge on any atom is -0.339 e. The van der Waals surface area contributed by atoms with Crippen LogP contribution in [0.5, 0.6) is 0 Å². The summed E-state index contributed by atoms with van der Waals surface area (Å²) < 4.78 is 31.3. The third kappa shape index (κ3) is 3.00. The molecule has 0 aliphatic rings. The topological polar surface area (TPSA) is 126 Å². The number of aryl methyl sites for hydroxylation is 1. The number of sulfonamides is 1. The van der Waals surface area contributed by atoms with Crippen LogP contribution in [0.3, 0.4) is 0 Å². The summed E-state index contributed by atoms with van der Waals surface area (Å²) >= 11 is 1.16. The lowest BCUT2D eigenvalue weighted by Gasteiger charge is -2.09. The predicted octanol–water partition coefficient (Wildman–Crippen LogP) is 1.55. The van der Waals surface area contributed by atoms with Gasteiger partial charge in [0.05, 0.1) is 5.56 Å². The van der Waals surface area contributed by atoms with Crippen molar-refractivity contribution in [3.05, 3.63) is 27.5 Å². The van der Waals surface area contributed by atoms with Crippen molar-refractivity contribution < 1.29 is 17.7 Å². The number of aromatic nitrogens is 2. The normalized spacial score (nSPS) is 11.4. The van der Waals surface area contributed by atoms with Crippen molar-refractivity contribution in [2.45, 2.75) is 31.6 Å². The number of nitriles is 1. The third-order valence-electron chi connectivity index (χ3n) is 2.64. The Morgan fingerprint density at radius 3 is 2.68 bits per heavy atom. The van der Waals surface area contributed by atoms with E-state index in [1.54, 1.807) is 13.8 Å². The van der Waals surface area contributed by atoms with Crippen LogP contribution < -0.4 is 4.72 Å². The Morgan fingerprint density at radius 1 is 1.50 bits per heavy atom. The lowest BCUT2D eigenvalue weighted by Crippen LogP contribution is -2.32. The van der Waals surface area contributed by atoms with Gasteiger partial charge in [-0.05, 0) is 5.92 Å². The molecule has 8 nitrogen and oxygen atoms in total. The first-order chi connectivity index (χ1) is 10.3. The molecular weight excluding hydrogens is 328 g/mol. The van der Waals surface area contributed by atoms with Gasteiger partial charge >= 0.3 is 5.91 Å². The molecule has 0 fully saturated rings. The smallest absolute Gasteiger partial charge is 0.306 e. The summed E-state index contributed by atoms with van der Waals surface area (Å²) in [6, 6.07) is 1.82. The van der Waals surface area contributed by atoms with Crippen molar-refractivity contribution in [3.63, 3.8) is 0 Å². The zero-order chi connectivity index (χ0) is 16.5. The Kier molecular flexibility index (Phi) is 4.30. The Bertz CT molecular complexity index is 858. The van der Waals surface area contributed by atoms with Crippen molar-refractivity contribution in [1.29, 1.82) is 5.26 Å². The van der Waals surface area contributed by atoms with Crippen molar-refractivity contribution >= 4 is 27.3 Å². The van der Waals surface area contributed by atoms with Gasteiger partial charge in [0.25, 0.3) is 15.8 Å². The molecule has 1 amide bonds. The van der Waals surface area contributed by atoms with E-state index in [9.17, 15) is 13.2 Å². The van der Waals surface area contributed by atoms with Crippen LogP contribution in [0, 0.1) is 18.3 Å². The van der Waals surface area contributed by atoms with Gasteiger partial charge in [-0.15, -0.1) is 11.3 Å². The van der Waals surface area contributed by atoms with Gasteiger partial charge < -0.3 is 4.52 Å². The SMILES string of the molecule is Cc1nc(C(=O)NS(=O)(=O)c2c(C#N)csc2C(C)C)no1. The summed E-state index contributed by atoms with van der Waals surface area (Å²) in [5, 5.41) is 13.9. The summed E-state index contributed by atoms with van der Waals surface area (Å²) in [6.45, 7) is 5.08. The van der Waals surface area contributed by atoms with E-state index in [0.29, 0.717) is 4.88 Å². The van der Waals surface area contributed by atoms with E-state index in [1.165, 1.54) is 12.3 Å². The van der Waals surface area contributed by atoms with Crippen molar-refractivity contribution in [3.8, 4) is 6.07 Å². The Labute approximate surface area is 130 Å². The number of thiophene rings is 1. The maximum Gasteiger partial charge on any atom is 0.306 e. The van der Waals surface area contributed by atoms with Gasteiger partial charge in [-0.2, -0.15) is 10.2 Å². The fraction of sp³-hybridized carbons (Fsp3) is 0.333. The monoisotopic (exact) mass is 340 g/mol. The van der Waals surface area contributed by atoms with Crippen molar-refractivity contribution in [1.82, 2.24) is 14.9 Å². The molecule has 0 aliphatic heterocycles. The molecule has 0 aromatic carbocycles. The van der Waals surface area contributed by atoms with Crippen LogP contribution in [0.25, 0.3) is 0 Å². The Hall–Kier alpha value is -2.25. The molecule has 2 heterocycles. The first-order valence-corrected chi connectivity index (χ1v) is 8.51. The van der Waals surface area contributed by atoms with Crippen LogP contribution in [-0.2, 0) is 10.0 Å². The number of carbonyl (C=O) groups is 1. The number of amides is 1. The molecule has 0 unspecified atom stereocenters. The van der Waals surface area contributed by atoms with Crippen LogP contribution in [-0.4, -0.2) is 24.5 Å². The molecule has 0 spiro atoms. The van der Waals surface area contributed by atoms with E-state index in [0.717, 1.165) is 11.3 Å².